The predicted molar refractivity (Wildman–Crippen MR) is 73.9 cm³/mol. The van der Waals surface area contributed by atoms with Gasteiger partial charge in [0.2, 0.25) is 5.91 Å². The summed E-state index contributed by atoms with van der Waals surface area (Å²) in [5.74, 6) is -0.0149. The van der Waals surface area contributed by atoms with Gasteiger partial charge in [-0.1, -0.05) is 0 Å². The van der Waals surface area contributed by atoms with Gasteiger partial charge >= 0.3 is 0 Å². The summed E-state index contributed by atoms with van der Waals surface area (Å²) in [7, 11) is -0.280. The molecule has 0 aromatic rings. The van der Waals surface area contributed by atoms with Crippen LogP contribution < -0.4 is 5.32 Å². The summed E-state index contributed by atoms with van der Waals surface area (Å²) in [5, 5.41) is 2.83. The summed E-state index contributed by atoms with van der Waals surface area (Å²) in [6.07, 6.45) is 0. The molecule has 1 N–H and O–H groups in total. The van der Waals surface area contributed by atoms with E-state index in [4.69, 9.17) is 0 Å². The number of hydrogen-bond donors (Lipinski definition) is 1. The lowest BCUT2D eigenvalue weighted by Gasteiger charge is -2.34. The molecule has 0 aliphatic carbocycles. The highest BCUT2D eigenvalue weighted by Gasteiger charge is 2.28. The van der Waals surface area contributed by atoms with Crippen molar-refractivity contribution in [2.45, 2.75) is 19.9 Å². The molecule has 0 unspecified atom stereocenters. The van der Waals surface area contributed by atoms with Crippen molar-refractivity contribution in [3.63, 3.8) is 0 Å². The van der Waals surface area contributed by atoms with Crippen molar-refractivity contribution in [1.82, 2.24) is 18.8 Å². The second-order valence-corrected chi connectivity index (χ2v) is 7.33. The standard InChI is InChI=1S/C11H24N4O3S/c1-10(2)12-11(16)9-14-5-7-15(8-6-14)19(17,18)13(3)4/h10H,5-9H2,1-4H3,(H,12,16). The van der Waals surface area contributed by atoms with Crippen LogP contribution in [0, 0.1) is 0 Å². The van der Waals surface area contributed by atoms with Crippen molar-refractivity contribution in [2.75, 3.05) is 46.8 Å². The first-order chi connectivity index (χ1) is 8.73. The first-order valence-electron chi connectivity index (χ1n) is 6.43. The monoisotopic (exact) mass is 292 g/mol. The average Bonchev–Trinajstić information content (AvgIpc) is 2.28. The van der Waals surface area contributed by atoms with Crippen LogP contribution in [0.1, 0.15) is 13.8 Å². The molecule has 1 aliphatic heterocycles. The van der Waals surface area contributed by atoms with Crippen LogP contribution in [0.25, 0.3) is 0 Å². The normalized spacial score (nSPS) is 19.1. The summed E-state index contributed by atoms with van der Waals surface area (Å²) in [5.41, 5.74) is 0. The number of piperazine rings is 1. The van der Waals surface area contributed by atoms with Gasteiger partial charge in [-0.15, -0.1) is 0 Å². The van der Waals surface area contributed by atoms with Crippen LogP contribution >= 0.6 is 0 Å². The van der Waals surface area contributed by atoms with E-state index >= 15 is 0 Å². The molecule has 0 spiro atoms. The molecular weight excluding hydrogens is 268 g/mol. The zero-order valence-electron chi connectivity index (χ0n) is 12.1. The second-order valence-electron chi connectivity index (χ2n) is 5.19. The maximum atomic E-state index is 11.9. The van der Waals surface area contributed by atoms with Gasteiger partial charge in [-0.25, -0.2) is 0 Å². The zero-order valence-corrected chi connectivity index (χ0v) is 12.9. The Kier molecular flexibility index (Phi) is 5.72. The summed E-state index contributed by atoms with van der Waals surface area (Å²) in [6.45, 7) is 6.18. The number of carbonyl (C=O) groups is 1. The van der Waals surface area contributed by atoms with Gasteiger partial charge in [-0.2, -0.15) is 17.0 Å². The third kappa shape index (κ3) is 4.72. The van der Waals surface area contributed by atoms with E-state index in [9.17, 15) is 13.2 Å². The molecule has 1 amide bonds. The topological polar surface area (TPSA) is 73.0 Å². The summed E-state index contributed by atoms with van der Waals surface area (Å²) >= 11 is 0. The molecule has 7 nitrogen and oxygen atoms in total. The fourth-order valence-electron chi connectivity index (χ4n) is 1.92. The molecule has 112 valence electrons. The van der Waals surface area contributed by atoms with Crippen molar-refractivity contribution in [1.29, 1.82) is 0 Å². The molecular formula is C11H24N4O3S. The van der Waals surface area contributed by atoms with Gasteiger partial charge in [0.15, 0.2) is 0 Å². The fraction of sp³-hybridized carbons (Fsp3) is 0.909. The largest absolute Gasteiger partial charge is 0.353 e. The summed E-state index contributed by atoms with van der Waals surface area (Å²) in [4.78, 5) is 13.6. The van der Waals surface area contributed by atoms with E-state index in [1.807, 2.05) is 18.7 Å². The Labute approximate surface area is 115 Å². The lowest BCUT2D eigenvalue weighted by Crippen LogP contribution is -2.53. The van der Waals surface area contributed by atoms with Gasteiger partial charge in [-0.3, -0.25) is 9.69 Å². The Morgan fingerprint density at radius 2 is 1.74 bits per heavy atom. The van der Waals surface area contributed by atoms with Gasteiger partial charge < -0.3 is 5.32 Å². The molecule has 0 radical (unpaired) electrons. The van der Waals surface area contributed by atoms with Gasteiger partial charge in [-0.05, 0) is 13.8 Å². The second kappa shape index (κ2) is 6.65. The molecule has 0 aromatic heterocycles. The minimum Gasteiger partial charge on any atom is -0.353 e. The van der Waals surface area contributed by atoms with Gasteiger partial charge in [0, 0.05) is 46.3 Å². The number of hydrogen-bond acceptors (Lipinski definition) is 4. The molecule has 1 fully saturated rings. The van der Waals surface area contributed by atoms with Crippen LogP contribution in [0.4, 0.5) is 0 Å². The maximum absolute atomic E-state index is 11.9. The van der Waals surface area contributed by atoms with E-state index in [1.165, 1.54) is 22.7 Å². The van der Waals surface area contributed by atoms with Gasteiger partial charge in [0.05, 0.1) is 6.54 Å². The maximum Gasteiger partial charge on any atom is 0.281 e. The Balaban J connectivity index is 2.44. The summed E-state index contributed by atoms with van der Waals surface area (Å²) < 4.78 is 26.5. The highest BCUT2D eigenvalue weighted by molar-refractivity contribution is 7.86. The molecule has 8 heteroatoms. The fourth-order valence-corrected chi connectivity index (χ4v) is 3.01. The van der Waals surface area contributed by atoms with Crippen LogP contribution in [-0.4, -0.2) is 80.7 Å². The molecule has 0 aromatic carbocycles. The SMILES string of the molecule is CC(C)NC(=O)CN1CCN(S(=O)(=O)N(C)C)CC1. The van der Waals surface area contributed by atoms with Crippen LogP contribution in [0.15, 0.2) is 0 Å². The van der Waals surface area contributed by atoms with Crippen molar-refractivity contribution in [3.8, 4) is 0 Å². The van der Waals surface area contributed by atoms with E-state index in [0.717, 1.165) is 0 Å². The molecule has 0 bridgehead atoms. The highest BCUT2D eigenvalue weighted by Crippen LogP contribution is 2.09. The number of amides is 1. The van der Waals surface area contributed by atoms with E-state index in [1.54, 1.807) is 0 Å². The first-order valence-corrected chi connectivity index (χ1v) is 7.82. The van der Waals surface area contributed by atoms with Gasteiger partial charge in [0.25, 0.3) is 10.2 Å². The quantitative estimate of drug-likeness (QED) is 0.701. The number of rotatable bonds is 5. The lowest BCUT2D eigenvalue weighted by molar-refractivity contribution is -0.123. The smallest absolute Gasteiger partial charge is 0.281 e. The van der Waals surface area contributed by atoms with Crippen LogP contribution in [0.5, 0.6) is 0 Å². The van der Waals surface area contributed by atoms with Crippen molar-refractivity contribution < 1.29 is 13.2 Å². The first kappa shape index (κ1) is 16.4. The molecule has 1 heterocycles. The number of carbonyl (C=O) groups excluding carboxylic acids is 1. The van der Waals surface area contributed by atoms with E-state index in [0.29, 0.717) is 32.7 Å². The van der Waals surface area contributed by atoms with E-state index < -0.39 is 10.2 Å². The van der Waals surface area contributed by atoms with Gasteiger partial charge in [0.1, 0.15) is 0 Å². The Morgan fingerprint density at radius 1 is 1.21 bits per heavy atom. The van der Waals surface area contributed by atoms with Crippen LogP contribution in [0.2, 0.25) is 0 Å². The van der Waals surface area contributed by atoms with Crippen molar-refractivity contribution in [2.24, 2.45) is 0 Å². The number of nitrogens with zero attached hydrogens (tertiary/aromatic N) is 3. The van der Waals surface area contributed by atoms with Crippen LogP contribution in [0.3, 0.4) is 0 Å². The zero-order chi connectivity index (χ0) is 14.6. The highest BCUT2D eigenvalue weighted by atomic mass is 32.2. The third-order valence-electron chi connectivity index (χ3n) is 2.94. The Hall–Kier alpha value is -0.700. The number of nitrogens with one attached hydrogen (secondary N) is 1. The third-order valence-corrected chi connectivity index (χ3v) is 4.88. The van der Waals surface area contributed by atoms with Crippen LogP contribution in [-0.2, 0) is 15.0 Å². The minimum absolute atomic E-state index is 0.0149. The van der Waals surface area contributed by atoms with Crippen molar-refractivity contribution in [3.05, 3.63) is 0 Å². The molecule has 0 atom stereocenters. The van der Waals surface area contributed by atoms with E-state index in [2.05, 4.69) is 5.32 Å². The Morgan fingerprint density at radius 3 is 2.16 bits per heavy atom. The summed E-state index contributed by atoms with van der Waals surface area (Å²) in [6, 6.07) is 0.128. The molecule has 0 saturated carbocycles. The minimum atomic E-state index is -3.33. The Bertz CT molecular complexity index is 400. The molecule has 19 heavy (non-hydrogen) atoms. The van der Waals surface area contributed by atoms with Crippen molar-refractivity contribution >= 4 is 16.1 Å². The molecule has 1 aliphatic rings. The lowest BCUT2D eigenvalue weighted by atomic mass is 10.3. The molecule has 1 rings (SSSR count). The molecule has 1 saturated heterocycles. The van der Waals surface area contributed by atoms with E-state index in [-0.39, 0.29) is 11.9 Å². The average molecular weight is 292 g/mol. The predicted octanol–water partition coefficient (Wildman–Crippen LogP) is -1.06.